The molecule has 0 aliphatic carbocycles. The lowest BCUT2D eigenvalue weighted by molar-refractivity contribution is -0.129. The van der Waals surface area contributed by atoms with Crippen molar-refractivity contribution < 1.29 is 14.7 Å². The first kappa shape index (κ1) is 34.3. The zero-order valence-corrected chi connectivity index (χ0v) is 28.9. The van der Waals surface area contributed by atoms with Gasteiger partial charge in [-0.05, 0) is 75.3 Å². The first-order valence-electron chi connectivity index (χ1n) is 17.4. The van der Waals surface area contributed by atoms with Gasteiger partial charge in [0.2, 0.25) is 0 Å². The van der Waals surface area contributed by atoms with Gasteiger partial charge in [-0.1, -0.05) is 72.8 Å². The Morgan fingerprint density at radius 1 is 0.857 bits per heavy atom. The van der Waals surface area contributed by atoms with Crippen LogP contribution in [-0.4, -0.2) is 74.4 Å². The van der Waals surface area contributed by atoms with E-state index in [0.29, 0.717) is 23.7 Å². The first-order valence-corrected chi connectivity index (χ1v) is 17.4. The lowest BCUT2D eigenvalue weighted by Gasteiger charge is -2.50. The van der Waals surface area contributed by atoms with Crippen molar-refractivity contribution >= 4 is 17.5 Å². The topological polar surface area (TPSA) is 102 Å². The number of amides is 2. The number of piperidine rings is 2. The summed E-state index contributed by atoms with van der Waals surface area (Å²) in [5.41, 5.74) is 6.19. The molecule has 49 heavy (non-hydrogen) atoms. The van der Waals surface area contributed by atoms with Crippen LogP contribution in [0.15, 0.2) is 91.3 Å². The maximum Gasteiger partial charge on any atom is 0.257 e. The Hall–Kier alpha value is -4.60. The van der Waals surface area contributed by atoms with Crippen molar-refractivity contribution in [2.75, 3.05) is 31.1 Å². The van der Waals surface area contributed by atoms with Crippen LogP contribution in [-0.2, 0) is 17.9 Å². The predicted octanol–water partition coefficient (Wildman–Crippen LogP) is 5.61. The monoisotopic (exact) mass is 660 g/mol. The minimum atomic E-state index is -1.19. The number of benzene rings is 3. The second-order valence-electron chi connectivity index (χ2n) is 13.7. The van der Waals surface area contributed by atoms with E-state index in [1.165, 1.54) is 11.9 Å². The molecule has 2 aliphatic heterocycles. The van der Waals surface area contributed by atoms with E-state index in [1.54, 1.807) is 12.1 Å². The molecule has 6 rings (SSSR count). The second kappa shape index (κ2) is 15.3. The van der Waals surface area contributed by atoms with Gasteiger partial charge < -0.3 is 20.2 Å². The standard InChI is InChI=1S/C40H48N6O3/c1-29-36(30(2)43-28-42-29)39(49)44-24-20-40(3,21-25-44)45-22-18-35(19-23-45)46(27-32-10-6-4-7-11-32)34-16-14-31(15-17-34)26-41-38(48)37(47)33-12-8-5-9-13-33/h4-17,28,35,37,47H,18-27H2,1-3H3,(H,41,48). The highest BCUT2D eigenvalue weighted by Gasteiger charge is 2.39. The van der Waals surface area contributed by atoms with Gasteiger partial charge in [-0.2, -0.15) is 0 Å². The lowest BCUT2D eigenvalue weighted by Crippen LogP contribution is -2.58. The minimum Gasteiger partial charge on any atom is -0.378 e. The molecule has 2 fully saturated rings. The highest BCUT2D eigenvalue weighted by Crippen LogP contribution is 2.34. The van der Waals surface area contributed by atoms with E-state index in [-0.39, 0.29) is 11.4 Å². The summed E-state index contributed by atoms with van der Waals surface area (Å²) in [5, 5.41) is 13.3. The normalized spacial score (nSPS) is 17.3. The van der Waals surface area contributed by atoms with Gasteiger partial charge >= 0.3 is 0 Å². The summed E-state index contributed by atoms with van der Waals surface area (Å²) in [6.45, 7) is 10.8. The fraction of sp³-hybridized carbons (Fsp3) is 0.400. The van der Waals surface area contributed by atoms with Crippen LogP contribution in [0.25, 0.3) is 0 Å². The summed E-state index contributed by atoms with van der Waals surface area (Å²) in [4.78, 5) is 41.7. The van der Waals surface area contributed by atoms with Crippen LogP contribution in [0.3, 0.4) is 0 Å². The van der Waals surface area contributed by atoms with E-state index in [9.17, 15) is 14.7 Å². The van der Waals surface area contributed by atoms with Crippen molar-refractivity contribution in [3.8, 4) is 0 Å². The number of hydrogen-bond acceptors (Lipinski definition) is 7. The molecular weight excluding hydrogens is 612 g/mol. The Labute approximate surface area is 290 Å². The van der Waals surface area contributed by atoms with Crippen molar-refractivity contribution in [1.29, 1.82) is 0 Å². The smallest absolute Gasteiger partial charge is 0.257 e. The number of aromatic nitrogens is 2. The molecule has 2 amide bonds. The highest BCUT2D eigenvalue weighted by atomic mass is 16.3. The molecular formula is C40H48N6O3. The number of anilines is 1. The molecule has 2 N–H and O–H groups in total. The van der Waals surface area contributed by atoms with Crippen molar-refractivity contribution in [2.45, 2.75) is 77.2 Å². The second-order valence-corrected chi connectivity index (χ2v) is 13.7. The Bertz CT molecular complexity index is 1680. The third-order valence-corrected chi connectivity index (χ3v) is 10.5. The number of likely N-dealkylation sites (tertiary alicyclic amines) is 2. The number of aliphatic hydroxyl groups excluding tert-OH is 1. The van der Waals surface area contributed by atoms with Gasteiger partial charge in [0.25, 0.3) is 11.8 Å². The summed E-state index contributed by atoms with van der Waals surface area (Å²) in [6, 6.07) is 28.4. The van der Waals surface area contributed by atoms with Crippen LogP contribution in [0.1, 0.15) is 77.1 Å². The molecule has 3 aromatic carbocycles. The van der Waals surface area contributed by atoms with Gasteiger partial charge in [-0.15, -0.1) is 0 Å². The van der Waals surface area contributed by atoms with Crippen LogP contribution in [0, 0.1) is 13.8 Å². The fourth-order valence-electron chi connectivity index (χ4n) is 7.37. The molecule has 0 saturated carbocycles. The Kier molecular flexibility index (Phi) is 10.7. The van der Waals surface area contributed by atoms with Gasteiger partial charge in [0.05, 0.1) is 17.0 Å². The number of carbonyl (C=O) groups excluding carboxylic acids is 2. The molecule has 2 saturated heterocycles. The number of nitrogens with zero attached hydrogens (tertiary/aromatic N) is 5. The molecule has 256 valence electrons. The van der Waals surface area contributed by atoms with Gasteiger partial charge in [0.1, 0.15) is 6.33 Å². The molecule has 4 aromatic rings. The van der Waals surface area contributed by atoms with Crippen molar-refractivity contribution in [3.63, 3.8) is 0 Å². The van der Waals surface area contributed by atoms with E-state index < -0.39 is 12.0 Å². The van der Waals surface area contributed by atoms with Gasteiger partial charge in [-0.25, -0.2) is 9.97 Å². The molecule has 9 nitrogen and oxygen atoms in total. The average Bonchev–Trinajstić information content (AvgIpc) is 3.14. The third kappa shape index (κ3) is 8.00. The van der Waals surface area contributed by atoms with Crippen LogP contribution < -0.4 is 10.2 Å². The molecule has 0 spiro atoms. The summed E-state index contributed by atoms with van der Waals surface area (Å²) in [6.07, 6.45) is 4.34. The van der Waals surface area contributed by atoms with E-state index in [1.807, 2.05) is 36.9 Å². The lowest BCUT2D eigenvalue weighted by atomic mass is 9.85. The number of aliphatic hydroxyl groups is 1. The Balaban J connectivity index is 1.07. The van der Waals surface area contributed by atoms with Crippen LogP contribution in [0.2, 0.25) is 0 Å². The summed E-state index contributed by atoms with van der Waals surface area (Å²) < 4.78 is 0. The van der Waals surface area contributed by atoms with Gasteiger partial charge in [-0.3, -0.25) is 14.5 Å². The SMILES string of the molecule is Cc1ncnc(C)c1C(=O)N1CCC(C)(N2CCC(N(Cc3ccccc3)c3ccc(CNC(=O)C(O)c4ccccc4)cc3)CC2)CC1. The maximum absolute atomic E-state index is 13.4. The van der Waals surface area contributed by atoms with Crippen LogP contribution in [0.4, 0.5) is 5.69 Å². The summed E-state index contributed by atoms with van der Waals surface area (Å²) in [5.74, 6) is -0.360. The number of carbonyl (C=O) groups is 2. The number of hydrogen-bond donors (Lipinski definition) is 2. The van der Waals surface area contributed by atoms with E-state index >= 15 is 0 Å². The van der Waals surface area contributed by atoms with E-state index in [2.05, 4.69) is 86.6 Å². The Morgan fingerprint density at radius 3 is 2.06 bits per heavy atom. The molecule has 3 heterocycles. The fourth-order valence-corrected chi connectivity index (χ4v) is 7.37. The zero-order chi connectivity index (χ0) is 34.4. The number of rotatable bonds is 10. The van der Waals surface area contributed by atoms with Crippen molar-refractivity contribution in [2.24, 2.45) is 0 Å². The number of nitrogens with one attached hydrogen (secondary N) is 1. The quantitative estimate of drug-likeness (QED) is 0.228. The predicted molar refractivity (Wildman–Crippen MR) is 192 cm³/mol. The molecule has 1 atom stereocenters. The van der Waals surface area contributed by atoms with Gasteiger partial charge in [0.15, 0.2) is 6.10 Å². The number of aryl methyl sites for hydroxylation is 2. The summed E-state index contributed by atoms with van der Waals surface area (Å²) >= 11 is 0. The molecule has 2 aliphatic rings. The maximum atomic E-state index is 13.4. The molecule has 1 unspecified atom stereocenters. The third-order valence-electron chi connectivity index (χ3n) is 10.5. The zero-order valence-electron chi connectivity index (χ0n) is 28.9. The average molecular weight is 661 g/mol. The van der Waals surface area contributed by atoms with E-state index in [4.69, 9.17) is 0 Å². The Morgan fingerprint density at radius 2 is 1.45 bits per heavy atom. The van der Waals surface area contributed by atoms with Crippen molar-refractivity contribution in [3.05, 3.63) is 125 Å². The van der Waals surface area contributed by atoms with Crippen LogP contribution in [0.5, 0.6) is 0 Å². The first-order chi connectivity index (χ1) is 23.7. The highest BCUT2D eigenvalue weighted by molar-refractivity contribution is 5.96. The molecule has 1 aromatic heterocycles. The largest absolute Gasteiger partial charge is 0.378 e. The molecule has 0 radical (unpaired) electrons. The molecule has 9 heteroatoms. The minimum absolute atomic E-state index is 0.0473. The molecule has 0 bridgehead atoms. The van der Waals surface area contributed by atoms with Crippen molar-refractivity contribution in [1.82, 2.24) is 25.1 Å². The van der Waals surface area contributed by atoms with Gasteiger partial charge in [0, 0.05) is 56.5 Å². The summed E-state index contributed by atoms with van der Waals surface area (Å²) in [7, 11) is 0. The van der Waals surface area contributed by atoms with E-state index in [0.717, 1.165) is 81.0 Å². The van der Waals surface area contributed by atoms with Crippen LogP contribution >= 0.6 is 0 Å².